The number of carbonyl (C=O) groups excluding carboxylic acids is 1. The van der Waals surface area contributed by atoms with Crippen LogP contribution in [-0.4, -0.2) is 23.5 Å². The molecule has 0 aromatic carbocycles. The molecule has 1 fully saturated rings. The highest BCUT2D eigenvalue weighted by molar-refractivity contribution is 5.94. The smallest absolute Gasteiger partial charge is 0.253 e. The summed E-state index contributed by atoms with van der Waals surface area (Å²) in [5, 5.41) is 6.41. The molecule has 2 rings (SSSR count). The normalized spacial score (nSPS) is 15.6. The Balaban J connectivity index is 1.89. The highest BCUT2D eigenvalue weighted by Gasteiger charge is 2.18. The van der Waals surface area contributed by atoms with Gasteiger partial charge in [-0.2, -0.15) is 0 Å². The van der Waals surface area contributed by atoms with Gasteiger partial charge in [-0.15, -0.1) is 0 Å². The van der Waals surface area contributed by atoms with Crippen molar-refractivity contribution in [1.82, 2.24) is 10.3 Å². The largest absolute Gasteiger partial charge is 0.384 e. The monoisotopic (exact) mass is 275 g/mol. The molecule has 0 aliphatic heterocycles. The second kappa shape index (κ2) is 7.27. The van der Waals surface area contributed by atoms with Crippen LogP contribution in [0.3, 0.4) is 0 Å². The van der Waals surface area contributed by atoms with Crippen LogP contribution in [0.4, 0.5) is 5.69 Å². The molecule has 4 heteroatoms. The molecule has 0 radical (unpaired) electrons. The third-order valence-corrected chi connectivity index (χ3v) is 3.74. The molecule has 0 unspecified atom stereocenters. The molecular formula is C16H25N3O. The maximum absolute atomic E-state index is 12.2. The zero-order valence-corrected chi connectivity index (χ0v) is 12.5. The Labute approximate surface area is 121 Å². The van der Waals surface area contributed by atoms with E-state index < -0.39 is 0 Å². The van der Waals surface area contributed by atoms with Crippen LogP contribution in [-0.2, 0) is 0 Å². The number of anilines is 1. The van der Waals surface area contributed by atoms with Crippen LogP contribution < -0.4 is 10.6 Å². The molecule has 2 N–H and O–H groups in total. The maximum Gasteiger partial charge on any atom is 0.253 e. The van der Waals surface area contributed by atoms with Gasteiger partial charge in [0.25, 0.3) is 5.91 Å². The first kappa shape index (κ1) is 14.8. The number of hydrogen-bond donors (Lipinski definition) is 2. The van der Waals surface area contributed by atoms with Crippen molar-refractivity contribution in [1.29, 1.82) is 0 Å². The van der Waals surface area contributed by atoms with Gasteiger partial charge in [0.2, 0.25) is 0 Å². The first-order chi connectivity index (χ1) is 9.65. The van der Waals surface area contributed by atoms with Crippen LogP contribution >= 0.6 is 0 Å². The van der Waals surface area contributed by atoms with E-state index in [0.717, 1.165) is 31.5 Å². The predicted molar refractivity (Wildman–Crippen MR) is 81.9 cm³/mol. The summed E-state index contributed by atoms with van der Waals surface area (Å²) < 4.78 is 0. The minimum absolute atomic E-state index is 0.00286. The Kier molecular flexibility index (Phi) is 5.39. The van der Waals surface area contributed by atoms with E-state index in [2.05, 4.69) is 29.5 Å². The van der Waals surface area contributed by atoms with Crippen LogP contribution in [0, 0.1) is 5.92 Å². The minimum Gasteiger partial charge on any atom is -0.384 e. The average molecular weight is 275 g/mol. The summed E-state index contributed by atoms with van der Waals surface area (Å²) in [7, 11) is 0. The molecule has 110 valence electrons. The molecule has 0 spiro atoms. The molecule has 20 heavy (non-hydrogen) atoms. The van der Waals surface area contributed by atoms with Crippen LogP contribution in [0.25, 0.3) is 0 Å². The van der Waals surface area contributed by atoms with Crippen LogP contribution in [0.1, 0.15) is 56.3 Å². The highest BCUT2D eigenvalue weighted by atomic mass is 16.1. The fourth-order valence-electron chi connectivity index (χ4n) is 2.50. The van der Waals surface area contributed by atoms with E-state index in [1.807, 2.05) is 6.07 Å². The van der Waals surface area contributed by atoms with E-state index in [-0.39, 0.29) is 5.91 Å². The Hall–Kier alpha value is -1.58. The molecule has 1 aliphatic rings. The number of hydrogen-bond acceptors (Lipinski definition) is 3. The Morgan fingerprint density at radius 3 is 2.80 bits per heavy atom. The molecule has 1 aromatic heterocycles. The number of aromatic nitrogens is 1. The van der Waals surface area contributed by atoms with E-state index in [1.54, 1.807) is 12.4 Å². The van der Waals surface area contributed by atoms with Gasteiger partial charge in [-0.05, 0) is 31.2 Å². The number of pyridine rings is 1. The van der Waals surface area contributed by atoms with E-state index in [9.17, 15) is 4.79 Å². The summed E-state index contributed by atoms with van der Waals surface area (Å²) in [6, 6.07) is 2.23. The number of carbonyl (C=O) groups is 1. The van der Waals surface area contributed by atoms with Crippen molar-refractivity contribution in [3.8, 4) is 0 Å². The van der Waals surface area contributed by atoms with Crippen molar-refractivity contribution in [2.75, 3.05) is 11.9 Å². The molecule has 1 aromatic rings. The molecule has 1 aliphatic carbocycles. The highest BCUT2D eigenvalue weighted by Crippen LogP contribution is 2.18. The van der Waals surface area contributed by atoms with E-state index in [0.29, 0.717) is 17.5 Å². The molecule has 0 bridgehead atoms. The zero-order valence-electron chi connectivity index (χ0n) is 12.5. The van der Waals surface area contributed by atoms with Gasteiger partial charge in [0, 0.05) is 25.0 Å². The first-order valence-electron chi connectivity index (χ1n) is 7.65. The zero-order chi connectivity index (χ0) is 14.4. The first-order valence-corrected chi connectivity index (χ1v) is 7.65. The number of amides is 1. The van der Waals surface area contributed by atoms with Gasteiger partial charge < -0.3 is 10.6 Å². The average Bonchev–Trinajstić information content (AvgIpc) is 2.91. The standard InChI is InChI=1S/C16H25N3O/c1-12(2)7-8-18-15-9-13(10-17-11-15)16(20)19-14-5-3-4-6-14/h9-12,14,18H,3-8H2,1-2H3,(H,19,20). The van der Waals surface area contributed by atoms with Gasteiger partial charge in [0.1, 0.15) is 0 Å². The predicted octanol–water partition coefficient (Wildman–Crippen LogP) is 3.21. The summed E-state index contributed by atoms with van der Waals surface area (Å²) in [4.78, 5) is 16.3. The van der Waals surface area contributed by atoms with E-state index >= 15 is 0 Å². The molecule has 4 nitrogen and oxygen atoms in total. The van der Waals surface area contributed by atoms with Crippen molar-refractivity contribution in [3.63, 3.8) is 0 Å². The van der Waals surface area contributed by atoms with Crippen LogP contribution in [0.15, 0.2) is 18.5 Å². The SMILES string of the molecule is CC(C)CCNc1cncc(C(=O)NC2CCCC2)c1. The van der Waals surface area contributed by atoms with Gasteiger partial charge in [-0.1, -0.05) is 26.7 Å². The molecule has 1 heterocycles. The molecule has 0 atom stereocenters. The molecule has 1 saturated carbocycles. The Morgan fingerprint density at radius 2 is 2.10 bits per heavy atom. The summed E-state index contributed by atoms with van der Waals surface area (Å²) in [5.74, 6) is 0.668. The fourth-order valence-corrected chi connectivity index (χ4v) is 2.50. The lowest BCUT2D eigenvalue weighted by atomic mass is 10.1. The molecule has 0 saturated heterocycles. The van der Waals surface area contributed by atoms with Crippen LogP contribution in [0.5, 0.6) is 0 Å². The quantitative estimate of drug-likeness (QED) is 0.838. The third kappa shape index (κ3) is 4.51. The second-order valence-electron chi connectivity index (χ2n) is 6.03. The summed E-state index contributed by atoms with van der Waals surface area (Å²) in [6.45, 7) is 5.31. The van der Waals surface area contributed by atoms with E-state index in [1.165, 1.54) is 12.8 Å². The summed E-state index contributed by atoms with van der Waals surface area (Å²) >= 11 is 0. The van der Waals surface area contributed by atoms with Crippen molar-refractivity contribution in [3.05, 3.63) is 24.0 Å². The van der Waals surface area contributed by atoms with Crippen LogP contribution in [0.2, 0.25) is 0 Å². The van der Waals surface area contributed by atoms with Crippen molar-refractivity contribution in [2.24, 2.45) is 5.92 Å². The van der Waals surface area contributed by atoms with Gasteiger partial charge in [-0.3, -0.25) is 9.78 Å². The lowest BCUT2D eigenvalue weighted by Gasteiger charge is -2.13. The van der Waals surface area contributed by atoms with Gasteiger partial charge in [0.15, 0.2) is 0 Å². The summed E-state index contributed by atoms with van der Waals surface area (Å²) in [6.07, 6.45) is 9.17. The van der Waals surface area contributed by atoms with Gasteiger partial charge >= 0.3 is 0 Å². The number of nitrogens with zero attached hydrogens (tertiary/aromatic N) is 1. The van der Waals surface area contributed by atoms with E-state index in [4.69, 9.17) is 0 Å². The summed E-state index contributed by atoms with van der Waals surface area (Å²) in [5.41, 5.74) is 1.57. The Morgan fingerprint density at radius 1 is 1.35 bits per heavy atom. The van der Waals surface area contributed by atoms with Crippen molar-refractivity contribution >= 4 is 11.6 Å². The second-order valence-corrected chi connectivity index (χ2v) is 6.03. The number of nitrogens with one attached hydrogen (secondary N) is 2. The van der Waals surface area contributed by atoms with Crippen molar-refractivity contribution < 1.29 is 4.79 Å². The maximum atomic E-state index is 12.2. The van der Waals surface area contributed by atoms with Crippen molar-refractivity contribution in [2.45, 2.75) is 52.0 Å². The minimum atomic E-state index is -0.00286. The molecule has 1 amide bonds. The third-order valence-electron chi connectivity index (χ3n) is 3.74. The topological polar surface area (TPSA) is 54.0 Å². The lowest BCUT2D eigenvalue weighted by Crippen LogP contribution is -2.32. The Bertz CT molecular complexity index is 439. The van der Waals surface area contributed by atoms with Gasteiger partial charge in [-0.25, -0.2) is 0 Å². The molecular weight excluding hydrogens is 250 g/mol. The fraction of sp³-hybridized carbons (Fsp3) is 0.625. The number of rotatable bonds is 6. The van der Waals surface area contributed by atoms with Gasteiger partial charge in [0.05, 0.1) is 11.3 Å². The lowest BCUT2D eigenvalue weighted by molar-refractivity contribution is 0.0937.